The molecule has 0 unspecified atom stereocenters. The molecular formula is C10H13FN2O2S. The number of hydrogen-bond acceptors (Lipinski definition) is 3. The summed E-state index contributed by atoms with van der Waals surface area (Å²) in [4.78, 5) is 0.0980. The van der Waals surface area contributed by atoms with Crippen LogP contribution in [0.3, 0.4) is 0 Å². The molecule has 1 aromatic carbocycles. The van der Waals surface area contributed by atoms with E-state index in [1.54, 1.807) is 0 Å². The zero-order valence-corrected chi connectivity index (χ0v) is 9.43. The normalized spacial score (nSPS) is 21.2. The molecule has 0 bridgehead atoms. The van der Waals surface area contributed by atoms with E-state index in [1.165, 1.54) is 12.1 Å². The van der Waals surface area contributed by atoms with Gasteiger partial charge in [-0.3, -0.25) is 0 Å². The highest BCUT2D eigenvalue weighted by Crippen LogP contribution is 2.11. The lowest BCUT2D eigenvalue weighted by atomic mass is 10.3. The second-order valence-corrected chi connectivity index (χ2v) is 5.48. The van der Waals surface area contributed by atoms with Crippen molar-refractivity contribution in [1.29, 1.82) is 0 Å². The molecule has 6 heteroatoms. The minimum atomic E-state index is -3.52. The first-order chi connectivity index (χ1) is 7.58. The third kappa shape index (κ3) is 2.58. The number of hydrogen-bond donors (Lipinski definition) is 2. The van der Waals surface area contributed by atoms with E-state index in [9.17, 15) is 12.8 Å². The standard InChI is InChI=1S/C10H13FN2O2S/c11-8-1-3-10(4-2-8)16(14,15)13-9-5-6-12-7-9/h1-4,9,12-13H,5-7H2/t9-/m0/s1. The Kier molecular flexibility index (Phi) is 3.22. The quantitative estimate of drug-likeness (QED) is 0.812. The van der Waals surface area contributed by atoms with Gasteiger partial charge in [0.15, 0.2) is 0 Å². The summed E-state index contributed by atoms with van der Waals surface area (Å²) in [5.74, 6) is -0.443. The Hall–Kier alpha value is -0.980. The molecule has 1 aliphatic rings. The van der Waals surface area contributed by atoms with Crippen molar-refractivity contribution < 1.29 is 12.8 Å². The molecule has 1 aliphatic heterocycles. The lowest BCUT2D eigenvalue weighted by molar-refractivity contribution is 0.559. The SMILES string of the molecule is O=S(=O)(N[C@H]1CCNC1)c1ccc(F)cc1. The topological polar surface area (TPSA) is 58.2 Å². The van der Waals surface area contributed by atoms with Crippen LogP contribution in [-0.2, 0) is 10.0 Å². The molecule has 2 rings (SSSR count). The Morgan fingerprint density at radius 1 is 1.31 bits per heavy atom. The third-order valence-electron chi connectivity index (χ3n) is 2.51. The van der Waals surface area contributed by atoms with E-state index in [0.29, 0.717) is 6.54 Å². The van der Waals surface area contributed by atoms with Gasteiger partial charge in [0.05, 0.1) is 4.90 Å². The summed E-state index contributed by atoms with van der Waals surface area (Å²) >= 11 is 0. The largest absolute Gasteiger partial charge is 0.315 e. The Labute approximate surface area is 93.9 Å². The van der Waals surface area contributed by atoms with Crippen LogP contribution >= 0.6 is 0 Å². The van der Waals surface area contributed by atoms with Crippen molar-refractivity contribution in [1.82, 2.24) is 10.0 Å². The van der Waals surface area contributed by atoms with Crippen LogP contribution in [-0.4, -0.2) is 27.5 Å². The highest BCUT2D eigenvalue weighted by atomic mass is 32.2. The monoisotopic (exact) mass is 244 g/mol. The van der Waals surface area contributed by atoms with E-state index in [-0.39, 0.29) is 10.9 Å². The average Bonchev–Trinajstić information content (AvgIpc) is 2.70. The first kappa shape index (κ1) is 11.5. The molecule has 1 fully saturated rings. The van der Waals surface area contributed by atoms with Crippen LogP contribution < -0.4 is 10.0 Å². The van der Waals surface area contributed by atoms with Crippen LogP contribution in [0.1, 0.15) is 6.42 Å². The van der Waals surface area contributed by atoms with E-state index in [2.05, 4.69) is 10.0 Å². The van der Waals surface area contributed by atoms with Gasteiger partial charge in [0.25, 0.3) is 0 Å². The van der Waals surface area contributed by atoms with Gasteiger partial charge in [-0.25, -0.2) is 17.5 Å². The van der Waals surface area contributed by atoms with Crippen LogP contribution in [0.5, 0.6) is 0 Å². The minimum Gasteiger partial charge on any atom is -0.315 e. The van der Waals surface area contributed by atoms with Crippen molar-refractivity contribution in [3.63, 3.8) is 0 Å². The number of rotatable bonds is 3. The van der Waals surface area contributed by atoms with E-state index in [1.807, 2.05) is 0 Å². The Balaban J connectivity index is 2.14. The number of halogens is 1. The molecule has 0 saturated carbocycles. The Morgan fingerprint density at radius 3 is 2.56 bits per heavy atom. The predicted molar refractivity (Wildman–Crippen MR) is 58.0 cm³/mol. The van der Waals surface area contributed by atoms with Crippen LogP contribution in [0.2, 0.25) is 0 Å². The fourth-order valence-electron chi connectivity index (χ4n) is 1.66. The number of sulfonamides is 1. The molecule has 0 aliphatic carbocycles. The fraction of sp³-hybridized carbons (Fsp3) is 0.400. The molecule has 0 amide bonds. The van der Waals surface area contributed by atoms with Gasteiger partial charge >= 0.3 is 0 Å². The van der Waals surface area contributed by atoms with Crippen molar-refractivity contribution in [3.8, 4) is 0 Å². The first-order valence-electron chi connectivity index (χ1n) is 5.06. The zero-order chi connectivity index (χ0) is 11.6. The molecule has 1 atom stereocenters. The average molecular weight is 244 g/mol. The summed E-state index contributed by atoms with van der Waals surface area (Å²) in [6.07, 6.45) is 0.778. The maximum Gasteiger partial charge on any atom is 0.240 e. The van der Waals surface area contributed by atoms with Crippen molar-refractivity contribution in [3.05, 3.63) is 30.1 Å². The maximum atomic E-state index is 12.7. The molecule has 1 heterocycles. The van der Waals surface area contributed by atoms with Crippen LogP contribution in [0.15, 0.2) is 29.2 Å². The van der Waals surface area contributed by atoms with E-state index in [0.717, 1.165) is 25.1 Å². The summed E-state index contributed by atoms with van der Waals surface area (Å²) in [7, 11) is -3.52. The van der Waals surface area contributed by atoms with Crippen LogP contribution in [0.25, 0.3) is 0 Å². The van der Waals surface area contributed by atoms with Crippen molar-refractivity contribution in [2.75, 3.05) is 13.1 Å². The highest BCUT2D eigenvalue weighted by molar-refractivity contribution is 7.89. The van der Waals surface area contributed by atoms with Crippen molar-refractivity contribution in [2.45, 2.75) is 17.4 Å². The molecule has 4 nitrogen and oxygen atoms in total. The summed E-state index contributed by atoms with van der Waals surface area (Å²) in [5.41, 5.74) is 0. The van der Waals surface area contributed by atoms with Gasteiger partial charge in [-0.15, -0.1) is 0 Å². The zero-order valence-electron chi connectivity index (χ0n) is 8.61. The Morgan fingerprint density at radius 2 is 2.00 bits per heavy atom. The molecular weight excluding hydrogens is 231 g/mol. The van der Waals surface area contributed by atoms with Crippen molar-refractivity contribution in [2.24, 2.45) is 0 Å². The molecule has 1 aromatic rings. The molecule has 16 heavy (non-hydrogen) atoms. The number of benzene rings is 1. The summed E-state index contributed by atoms with van der Waals surface area (Å²) in [6, 6.07) is 4.73. The first-order valence-corrected chi connectivity index (χ1v) is 6.55. The van der Waals surface area contributed by atoms with Gasteiger partial charge in [0.2, 0.25) is 10.0 Å². The van der Waals surface area contributed by atoms with E-state index >= 15 is 0 Å². The third-order valence-corrected chi connectivity index (χ3v) is 4.04. The van der Waals surface area contributed by atoms with Gasteiger partial charge in [-0.2, -0.15) is 0 Å². The summed E-state index contributed by atoms with van der Waals surface area (Å²) in [5, 5.41) is 3.07. The summed E-state index contributed by atoms with van der Waals surface area (Å²) < 4.78 is 38.9. The van der Waals surface area contributed by atoms with E-state index < -0.39 is 15.8 Å². The molecule has 1 saturated heterocycles. The maximum absolute atomic E-state index is 12.7. The van der Waals surface area contributed by atoms with Gasteiger partial charge < -0.3 is 5.32 Å². The molecule has 0 aromatic heterocycles. The predicted octanol–water partition coefficient (Wildman–Crippen LogP) is 0.466. The lowest BCUT2D eigenvalue weighted by Gasteiger charge is -2.11. The van der Waals surface area contributed by atoms with Gasteiger partial charge in [-0.1, -0.05) is 0 Å². The smallest absolute Gasteiger partial charge is 0.240 e. The minimum absolute atomic E-state index is 0.0740. The second-order valence-electron chi connectivity index (χ2n) is 3.76. The summed E-state index contributed by atoms with van der Waals surface area (Å²) in [6.45, 7) is 1.46. The lowest BCUT2D eigenvalue weighted by Crippen LogP contribution is -2.36. The van der Waals surface area contributed by atoms with Crippen LogP contribution in [0, 0.1) is 5.82 Å². The molecule has 0 spiro atoms. The second kappa shape index (κ2) is 4.48. The van der Waals surface area contributed by atoms with Crippen molar-refractivity contribution >= 4 is 10.0 Å². The van der Waals surface area contributed by atoms with Crippen LogP contribution in [0.4, 0.5) is 4.39 Å². The van der Waals surface area contributed by atoms with Gasteiger partial charge in [0, 0.05) is 12.6 Å². The van der Waals surface area contributed by atoms with E-state index in [4.69, 9.17) is 0 Å². The highest BCUT2D eigenvalue weighted by Gasteiger charge is 2.22. The molecule has 0 radical (unpaired) electrons. The van der Waals surface area contributed by atoms with Gasteiger partial charge in [-0.05, 0) is 37.2 Å². The Bertz CT molecular complexity index is 452. The molecule has 88 valence electrons. The fourth-order valence-corrected chi connectivity index (χ4v) is 2.93. The number of nitrogens with one attached hydrogen (secondary N) is 2. The molecule has 2 N–H and O–H groups in total. The van der Waals surface area contributed by atoms with Gasteiger partial charge in [0.1, 0.15) is 5.82 Å².